The van der Waals surface area contributed by atoms with Crippen molar-refractivity contribution in [1.29, 1.82) is 0 Å². The minimum Gasteiger partial charge on any atom is -0.480 e. The molecule has 0 N–H and O–H groups in total. The van der Waals surface area contributed by atoms with Crippen molar-refractivity contribution in [3.63, 3.8) is 0 Å². The van der Waals surface area contributed by atoms with Crippen LogP contribution >= 0.6 is 0 Å². The first kappa shape index (κ1) is 16.1. The Labute approximate surface area is 147 Å². The van der Waals surface area contributed by atoms with E-state index in [1.807, 2.05) is 30.3 Å². The first-order valence-electron chi connectivity index (χ1n) is 9.04. The molecule has 6 nitrogen and oxygen atoms in total. The van der Waals surface area contributed by atoms with Gasteiger partial charge in [0.05, 0.1) is 18.8 Å². The molecular formula is C19H24N4O2. The molecule has 6 heteroatoms. The van der Waals surface area contributed by atoms with Crippen LogP contribution in [0.3, 0.4) is 0 Å². The van der Waals surface area contributed by atoms with E-state index in [2.05, 4.69) is 10.1 Å². The summed E-state index contributed by atoms with van der Waals surface area (Å²) in [5.41, 5.74) is 3.82. The van der Waals surface area contributed by atoms with Crippen LogP contribution < -0.4 is 4.74 Å². The Morgan fingerprint density at radius 3 is 2.92 bits per heavy atom. The number of methoxy groups -OCH3 is 1. The van der Waals surface area contributed by atoms with Crippen molar-refractivity contribution >= 4 is 5.91 Å². The van der Waals surface area contributed by atoms with E-state index < -0.39 is 0 Å². The molecule has 0 unspecified atom stereocenters. The zero-order valence-corrected chi connectivity index (χ0v) is 14.9. The molecule has 1 saturated heterocycles. The van der Waals surface area contributed by atoms with Gasteiger partial charge in [0.1, 0.15) is 5.56 Å². The number of piperidine rings is 1. The smallest absolute Gasteiger partial charge is 0.259 e. The fourth-order valence-electron chi connectivity index (χ4n) is 4.01. The molecule has 1 aliphatic carbocycles. The highest BCUT2D eigenvalue weighted by molar-refractivity contribution is 5.97. The number of likely N-dealkylation sites (tertiary alicyclic amines) is 1. The van der Waals surface area contributed by atoms with Crippen LogP contribution in [0.4, 0.5) is 0 Å². The molecule has 25 heavy (non-hydrogen) atoms. The zero-order valence-electron chi connectivity index (χ0n) is 14.9. The van der Waals surface area contributed by atoms with Gasteiger partial charge in [0.2, 0.25) is 5.88 Å². The van der Waals surface area contributed by atoms with Crippen molar-refractivity contribution in [2.24, 2.45) is 7.05 Å². The quantitative estimate of drug-likeness (QED) is 0.862. The Kier molecular flexibility index (Phi) is 4.19. The molecule has 0 spiro atoms. The maximum atomic E-state index is 13.3. The predicted octanol–water partition coefficient (Wildman–Crippen LogP) is 2.68. The fourth-order valence-corrected chi connectivity index (χ4v) is 4.01. The second-order valence-corrected chi connectivity index (χ2v) is 6.93. The number of ether oxygens (including phenoxy) is 1. The summed E-state index contributed by atoms with van der Waals surface area (Å²) < 4.78 is 7.25. The Balaban J connectivity index is 1.69. The van der Waals surface area contributed by atoms with E-state index in [-0.39, 0.29) is 11.9 Å². The van der Waals surface area contributed by atoms with Crippen LogP contribution in [0.15, 0.2) is 18.3 Å². The summed E-state index contributed by atoms with van der Waals surface area (Å²) in [6.07, 6.45) is 8.09. The fraction of sp³-hybridized carbons (Fsp3) is 0.526. The van der Waals surface area contributed by atoms with Crippen molar-refractivity contribution in [3.05, 3.63) is 40.8 Å². The Morgan fingerprint density at radius 1 is 1.28 bits per heavy atom. The van der Waals surface area contributed by atoms with Crippen LogP contribution in [-0.4, -0.2) is 39.2 Å². The molecule has 1 atom stereocenters. The molecule has 2 aromatic rings. The number of nitrogens with zero attached hydrogens (tertiary/aromatic N) is 4. The van der Waals surface area contributed by atoms with Crippen LogP contribution in [-0.2, 0) is 19.9 Å². The Hall–Kier alpha value is -2.37. The predicted molar refractivity (Wildman–Crippen MR) is 93.7 cm³/mol. The van der Waals surface area contributed by atoms with Gasteiger partial charge in [-0.1, -0.05) is 0 Å². The lowest BCUT2D eigenvalue weighted by molar-refractivity contribution is 0.0601. The molecule has 0 saturated carbocycles. The highest BCUT2D eigenvalue weighted by Crippen LogP contribution is 2.34. The standard InChI is InChI=1S/C19H24N4O2/c1-22-11-9-16(21-22)17-8-3-4-10-23(17)19(24)14-12-13-6-5-7-15(13)20-18(14)25-2/h9,11-12,17H,3-8,10H2,1-2H3/t17-/m1/s1. The monoisotopic (exact) mass is 340 g/mol. The molecule has 2 aromatic heterocycles. The maximum Gasteiger partial charge on any atom is 0.259 e. The van der Waals surface area contributed by atoms with E-state index in [0.29, 0.717) is 11.4 Å². The van der Waals surface area contributed by atoms with Crippen LogP contribution in [0.2, 0.25) is 0 Å². The largest absolute Gasteiger partial charge is 0.480 e. The third-order valence-corrected chi connectivity index (χ3v) is 5.28. The number of rotatable bonds is 3. The summed E-state index contributed by atoms with van der Waals surface area (Å²) in [6.45, 7) is 0.750. The highest BCUT2D eigenvalue weighted by atomic mass is 16.5. The first-order valence-corrected chi connectivity index (χ1v) is 9.04. The van der Waals surface area contributed by atoms with E-state index in [1.54, 1.807) is 11.8 Å². The van der Waals surface area contributed by atoms with Gasteiger partial charge in [0, 0.05) is 25.5 Å². The van der Waals surface area contributed by atoms with Gasteiger partial charge in [0.25, 0.3) is 5.91 Å². The van der Waals surface area contributed by atoms with Gasteiger partial charge in [-0.2, -0.15) is 5.10 Å². The molecule has 1 fully saturated rings. The minimum atomic E-state index is 0.00871. The SMILES string of the molecule is COc1nc2c(cc1C(=O)N1CCCC[C@@H]1c1ccn(C)n1)CCC2. The third kappa shape index (κ3) is 2.90. The molecule has 1 amide bonds. The van der Waals surface area contributed by atoms with Crippen LogP contribution in [0.1, 0.15) is 59.0 Å². The van der Waals surface area contributed by atoms with Crippen LogP contribution in [0.25, 0.3) is 0 Å². The first-order chi connectivity index (χ1) is 12.2. The van der Waals surface area contributed by atoms with E-state index >= 15 is 0 Å². The topological polar surface area (TPSA) is 60.2 Å². The summed E-state index contributed by atoms with van der Waals surface area (Å²) >= 11 is 0. The number of hydrogen-bond donors (Lipinski definition) is 0. The second kappa shape index (κ2) is 6.50. The van der Waals surface area contributed by atoms with Gasteiger partial charge < -0.3 is 9.64 Å². The van der Waals surface area contributed by atoms with Gasteiger partial charge in [0.15, 0.2) is 0 Å². The van der Waals surface area contributed by atoms with Crippen LogP contribution in [0, 0.1) is 0 Å². The summed E-state index contributed by atoms with van der Waals surface area (Å²) in [5, 5.41) is 4.54. The maximum absolute atomic E-state index is 13.3. The number of aromatic nitrogens is 3. The van der Waals surface area contributed by atoms with Gasteiger partial charge in [-0.3, -0.25) is 9.48 Å². The summed E-state index contributed by atoms with van der Waals surface area (Å²) in [5.74, 6) is 0.463. The lowest BCUT2D eigenvalue weighted by Crippen LogP contribution is -2.39. The third-order valence-electron chi connectivity index (χ3n) is 5.28. The van der Waals surface area contributed by atoms with Gasteiger partial charge in [-0.25, -0.2) is 4.98 Å². The lowest BCUT2D eigenvalue weighted by Gasteiger charge is -2.35. The summed E-state index contributed by atoms with van der Waals surface area (Å²) in [7, 11) is 3.50. The number of carbonyl (C=O) groups is 1. The van der Waals surface area contributed by atoms with E-state index in [4.69, 9.17) is 4.74 Å². The van der Waals surface area contributed by atoms with Gasteiger partial charge in [-0.05, 0) is 56.2 Å². The average Bonchev–Trinajstić information content (AvgIpc) is 3.28. The van der Waals surface area contributed by atoms with Crippen LogP contribution in [0.5, 0.6) is 5.88 Å². The van der Waals surface area contributed by atoms with Gasteiger partial charge >= 0.3 is 0 Å². The van der Waals surface area contributed by atoms with E-state index in [0.717, 1.165) is 56.5 Å². The molecule has 132 valence electrons. The van der Waals surface area contributed by atoms with Crippen molar-refractivity contribution in [2.75, 3.05) is 13.7 Å². The normalized spacial score (nSPS) is 19.8. The molecule has 3 heterocycles. The Morgan fingerprint density at radius 2 is 2.16 bits per heavy atom. The highest BCUT2D eigenvalue weighted by Gasteiger charge is 2.32. The van der Waals surface area contributed by atoms with Gasteiger partial charge in [-0.15, -0.1) is 0 Å². The van der Waals surface area contributed by atoms with E-state index in [9.17, 15) is 4.79 Å². The van der Waals surface area contributed by atoms with Crippen molar-refractivity contribution in [3.8, 4) is 5.88 Å². The lowest BCUT2D eigenvalue weighted by atomic mass is 9.98. The molecule has 0 bridgehead atoms. The molecule has 1 aliphatic heterocycles. The summed E-state index contributed by atoms with van der Waals surface area (Å²) in [6, 6.07) is 4.04. The number of aryl methyl sites for hydroxylation is 3. The number of amides is 1. The number of fused-ring (bicyclic) bond motifs is 1. The van der Waals surface area contributed by atoms with Crippen molar-refractivity contribution < 1.29 is 9.53 Å². The molecule has 0 radical (unpaired) electrons. The second-order valence-electron chi connectivity index (χ2n) is 6.93. The Bertz CT molecular complexity index is 799. The van der Waals surface area contributed by atoms with E-state index in [1.165, 1.54) is 5.56 Å². The number of carbonyl (C=O) groups excluding carboxylic acids is 1. The number of hydrogen-bond acceptors (Lipinski definition) is 4. The van der Waals surface area contributed by atoms with Crippen molar-refractivity contribution in [2.45, 2.75) is 44.6 Å². The minimum absolute atomic E-state index is 0.00871. The molecular weight excluding hydrogens is 316 g/mol. The average molecular weight is 340 g/mol. The molecule has 4 rings (SSSR count). The summed E-state index contributed by atoms with van der Waals surface area (Å²) in [4.78, 5) is 19.9. The number of pyridine rings is 1. The zero-order chi connectivity index (χ0) is 17.4. The molecule has 2 aliphatic rings. The molecule has 0 aromatic carbocycles. The van der Waals surface area contributed by atoms with Crippen molar-refractivity contribution in [1.82, 2.24) is 19.7 Å².